The Morgan fingerprint density at radius 3 is 2.80 bits per heavy atom. The first-order valence-corrected chi connectivity index (χ1v) is 8.41. The zero-order valence-electron chi connectivity index (χ0n) is 13.6. The number of hydrogen-bond donors (Lipinski definition) is 2. The van der Waals surface area contributed by atoms with Crippen molar-refractivity contribution in [2.75, 3.05) is 5.32 Å². The molecule has 0 amide bonds. The molecule has 4 rings (SSSR count). The van der Waals surface area contributed by atoms with Gasteiger partial charge in [0.05, 0.1) is 17.3 Å². The summed E-state index contributed by atoms with van der Waals surface area (Å²) in [4.78, 5) is 4.70. The fraction of sp³-hybridized carbons (Fsp3) is 0.250. The first kappa shape index (κ1) is 16.0. The molecule has 2 N–H and O–H groups in total. The largest absolute Gasteiger partial charge is 0.388 e. The molecular weight excluding hydrogens is 322 g/mol. The Morgan fingerprint density at radius 2 is 1.96 bits per heavy atom. The van der Waals surface area contributed by atoms with Crippen molar-refractivity contribution in [2.45, 2.75) is 31.9 Å². The van der Waals surface area contributed by atoms with Gasteiger partial charge >= 0.3 is 0 Å². The Hall–Kier alpha value is -2.53. The molecule has 1 aromatic heterocycles. The molecule has 1 atom stereocenters. The van der Waals surface area contributed by atoms with Gasteiger partial charge in [-0.05, 0) is 43.0 Å². The number of aryl methyl sites for hydroxylation is 1. The van der Waals surface area contributed by atoms with Gasteiger partial charge in [0, 0.05) is 23.2 Å². The third-order valence-corrected chi connectivity index (χ3v) is 4.69. The van der Waals surface area contributed by atoms with E-state index in [2.05, 4.69) is 5.32 Å². The molecule has 1 aliphatic carbocycles. The smallest absolute Gasteiger partial charge is 0.159 e. The van der Waals surface area contributed by atoms with E-state index in [-0.39, 0.29) is 0 Å². The van der Waals surface area contributed by atoms with Crippen molar-refractivity contribution in [3.05, 3.63) is 70.9 Å². The average molecular weight is 340 g/mol. The van der Waals surface area contributed by atoms with Crippen molar-refractivity contribution < 1.29 is 13.9 Å². The standard InChI is InChI=1S/C20H18F2N2O/c21-14-9-8-12(10-15(14)22)11-23-20-13-4-1-2-5-16(13)24-17-6-3-7-18(25)19(17)20/h1-2,4-5,8-10,18,25H,3,6-7,11H2,(H,23,24). The molecule has 1 unspecified atom stereocenters. The molecule has 128 valence electrons. The first-order chi connectivity index (χ1) is 12.1. The predicted octanol–water partition coefficient (Wildman–Crippen LogP) is 4.49. The second kappa shape index (κ2) is 6.41. The lowest BCUT2D eigenvalue weighted by Crippen LogP contribution is -2.15. The van der Waals surface area contributed by atoms with Gasteiger partial charge in [-0.3, -0.25) is 4.98 Å². The van der Waals surface area contributed by atoms with Crippen LogP contribution in [0.15, 0.2) is 42.5 Å². The van der Waals surface area contributed by atoms with Crippen molar-refractivity contribution in [3.63, 3.8) is 0 Å². The van der Waals surface area contributed by atoms with E-state index in [9.17, 15) is 13.9 Å². The van der Waals surface area contributed by atoms with Gasteiger partial charge in [-0.1, -0.05) is 24.3 Å². The van der Waals surface area contributed by atoms with Gasteiger partial charge in [-0.25, -0.2) is 8.78 Å². The number of hydrogen-bond acceptors (Lipinski definition) is 3. The molecule has 2 aromatic carbocycles. The molecule has 1 heterocycles. The van der Waals surface area contributed by atoms with E-state index in [4.69, 9.17) is 4.98 Å². The van der Waals surface area contributed by atoms with Crippen LogP contribution >= 0.6 is 0 Å². The molecule has 0 fully saturated rings. The fourth-order valence-electron chi connectivity index (χ4n) is 3.46. The van der Waals surface area contributed by atoms with Crippen LogP contribution in [0.4, 0.5) is 14.5 Å². The van der Waals surface area contributed by atoms with Crippen LogP contribution in [0.2, 0.25) is 0 Å². The highest BCUT2D eigenvalue weighted by Gasteiger charge is 2.24. The predicted molar refractivity (Wildman–Crippen MR) is 93.3 cm³/mol. The number of aromatic nitrogens is 1. The Bertz CT molecular complexity index is 942. The summed E-state index contributed by atoms with van der Waals surface area (Å²) in [6.07, 6.45) is 1.87. The summed E-state index contributed by atoms with van der Waals surface area (Å²) < 4.78 is 26.6. The molecule has 25 heavy (non-hydrogen) atoms. The lowest BCUT2D eigenvalue weighted by molar-refractivity contribution is 0.156. The van der Waals surface area contributed by atoms with Crippen LogP contribution in [0.5, 0.6) is 0 Å². The van der Waals surface area contributed by atoms with Crippen molar-refractivity contribution in [1.82, 2.24) is 4.98 Å². The number of halogens is 2. The Kier molecular flexibility index (Phi) is 4.09. The van der Waals surface area contributed by atoms with E-state index in [0.717, 1.165) is 46.8 Å². The maximum Gasteiger partial charge on any atom is 0.159 e. The maximum atomic E-state index is 13.4. The number of para-hydroxylation sites is 1. The van der Waals surface area contributed by atoms with Crippen LogP contribution in [0.1, 0.15) is 35.8 Å². The van der Waals surface area contributed by atoms with Gasteiger partial charge in [0.15, 0.2) is 11.6 Å². The first-order valence-electron chi connectivity index (χ1n) is 8.41. The highest BCUT2D eigenvalue weighted by atomic mass is 19.2. The summed E-state index contributed by atoms with van der Waals surface area (Å²) in [5, 5.41) is 14.7. The minimum absolute atomic E-state index is 0.338. The minimum Gasteiger partial charge on any atom is -0.388 e. The van der Waals surface area contributed by atoms with E-state index >= 15 is 0 Å². The van der Waals surface area contributed by atoms with Gasteiger partial charge in [-0.2, -0.15) is 0 Å². The van der Waals surface area contributed by atoms with Crippen LogP contribution in [-0.4, -0.2) is 10.1 Å². The highest BCUT2D eigenvalue weighted by Crippen LogP contribution is 2.38. The Balaban J connectivity index is 1.76. The minimum atomic E-state index is -0.860. The number of nitrogens with zero attached hydrogens (tertiary/aromatic N) is 1. The molecule has 1 aliphatic rings. The van der Waals surface area contributed by atoms with Crippen LogP contribution in [0, 0.1) is 11.6 Å². The third kappa shape index (κ3) is 2.96. The van der Waals surface area contributed by atoms with Gasteiger partial charge < -0.3 is 10.4 Å². The Morgan fingerprint density at radius 1 is 1.12 bits per heavy atom. The summed E-state index contributed by atoms with van der Waals surface area (Å²) in [7, 11) is 0. The Labute approximate surface area is 144 Å². The molecule has 0 aliphatic heterocycles. The van der Waals surface area contributed by atoms with Crippen molar-refractivity contribution in [2.24, 2.45) is 0 Å². The van der Waals surface area contributed by atoms with E-state index in [1.54, 1.807) is 6.07 Å². The fourth-order valence-corrected chi connectivity index (χ4v) is 3.46. The molecule has 0 radical (unpaired) electrons. The van der Waals surface area contributed by atoms with Crippen molar-refractivity contribution >= 4 is 16.6 Å². The highest BCUT2D eigenvalue weighted by molar-refractivity contribution is 5.93. The van der Waals surface area contributed by atoms with E-state index in [1.807, 2.05) is 24.3 Å². The zero-order valence-corrected chi connectivity index (χ0v) is 13.6. The maximum absolute atomic E-state index is 13.4. The molecule has 5 heteroatoms. The van der Waals surface area contributed by atoms with E-state index in [1.165, 1.54) is 6.07 Å². The molecule has 0 bridgehead atoms. The molecule has 3 aromatic rings. The number of fused-ring (bicyclic) bond motifs is 2. The summed E-state index contributed by atoms with van der Waals surface area (Å²) in [5.74, 6) is -1.72. The lowest BCUT2D eigenvalue weighted by Gasteiger charge is -2.25. The monoisotopic (exact) mass is 340 g/mol. The number of rotatable bonds is 3. The number of pyridine rings is 1. The van der Waals surface area contributed by atoms with Gasteiger partial charge in [0.25, 0.3) is 0 Å². The molecule has 0 saturated heterocycles. The number of nitrogens with one attached hydrogen (secondary N) is 1. The molecular formula is C20H18F2N2O. The quantitative estimate of drug-likeness (QED) is 0.738. The summed E-state index contributed by atoms with van der Waals surface area (Å²) in [6, 6.07) is 11.6. The van der Waals surface area contributed by atoms with Crippen LogP contribution in [0.25, 0.3) is 10.9 Å². The topological polar surface area (TPSA) is 45.2 Å². The van der Waals surface area contributed by atoms with Gasteiger partial charge in [0.2, 0.25) is 0 Å². The number of benzene rings is 2. The molecule has 0 saturated carbocycles. The second-order valence-corrected chi connectivity index (χ2v) is 6.37. The van der Waals surface area contributed by atoms with Crippen LogP contribution in [-0.2, 0) is 13.0 Å². The summed E-state index contributed by atoms with van der Waals surface area (Å²) in [6.45, 7) is 0.338. The average Bonchev–Trinajstić information content (AvgIpc) is 2.62. The molecule has 0 spiro atoms. The summed E-state index contributed by atoms with van der Waals surface area (Å²) in [5.41, 5.74) is 4.07. The SMILES string of the molecule is OC1CCCc2nc3ccccc3c(NCc3ccc(F)c(F)c3)c21. The number of aliphatic hydroxyl groups excluding tert-OH is 1. The zero-order chi connectivity index (χ0) is 17.4. The lowest BCUT2D eigenvalue weighted by atomic mass is 9.90. The van der Waals surface area contributed by atoms with Crippen LogP contribution < -0.4 is 5.32 Å². The van der Waals surface area contributed by atoms with E-state index in [0.29, 0.717) is 18.5 Å². The normalized spacial score (nSPS) is 16.7. The van der Waals surface area contributed by atoms with Crippen LogP contribution in [0.3, 0.4) is 0 Å². The van der Waals surface area contributed by atoms with Gasteiger partial charge in [-0.15, -0.1) is 0 Å². The van der Waals surface area contributed by atoms with Gasteiger partial charge in [0.1, 0.15) is 0 Å². The number of aliphatic hydroxyl groups is 1. The third-order valence-electron chi connectivity index (χ3n) is 4.69. The summed E-state index contributed by atoms with van der Waals surface area (Å²) >= 11 is 0. The molecule has 3 nitrogen and oxygen atoms in total. The van der Waals surface area contributed by atoms with E-state index < -0.39 is 17.7 Å². The number of anilines is 1. The second-order valence-electron chi connectivity index (χ2n) is 6.37. The van der Waals surface area contributed by atoms with Crippen molar-refractivity contribution in [1.29, 1.82) is 0 Å². The van der Waals surface area contributed by atoms with Crippen molar-refractivity contribution in [3.8, 4) is 0 Å².